The van der Waals surface area contributed by atoms with Crippen LogP contribution in [-0.4, -0.2) is 25.2 Å². The van der Waals surface area contributed by atoms with Gasteiger partial charge in [-0.1, -0.05) is 0 Å². The van der Waals surface area contributed by atoms with Crippen molar-refractivity contribution in [3.05, 3.63) is 0 Å². The Balaban J connectivity index is 1.94. The molecule has 1 rings (SSSR count). The van der Waals surface area contributed by atoms with Crippen LogP contribution in [0.15, 0.2) is 0 Å². The van der Waals surface area contributed by atoms with Gasteiger partial charge < -0.3 is 15.8 Å². The van der Waals surface area contributed by atoms with E-state index >= 15 is 0 Å². The van der Waals surface area contributed by atoms with Gasteiger partial charge in [0.1, 0.15) is 6.61 Å². The molecule has 1 saturated carbocycles. The molecule has 0 saturated heterocycles. The van der Waals surface area contributed by atoms with E-state index in [2.05, 4.69) is 10.1 Å². The van der Waals surface area contributed by atoms with Gasteiger partial charge in [0.25, 0.3) is 0 Å². The molecule has 2 amide bonds. The van der Waals surface area contributed by atoms with Crippen LogP contribution >= 0.6 is 0 Å². The molecule has 5 heteroatoms. The minimum Gasteiger partial charge on any atom is -0.448 e. The van der Waals surface area contributed by atoms with Crippen LogP contribution in [0, 0.1) is 5.92 Å². The maximum atomic E-state index is 11.0. The van der Waals surface area contributed by atoms with Crippen LogP contribution in [0.25, 0.3) is 0 Å². The summed E-state index contributed by atoms with van der Waals surface area (Å²) in [5.74, 6) is 0.238. The number of rotatable bonds is 4. The molecule has 3 N–H and O–H groups in total. The van der Waals surface area contributed by atoms with Gasteiger partial charge in [0.05, 0.1) is 6.54 Å². The average molecular weight is 172 g/mol. The van der Waals surface area contributed by atoms with Gasteiger partial charge >= 0.3 is 6.09 Å². The van der Waals surface area contributed by atoms with Crippen LogP contribution in [0.3, 0.4) is 0 Å². The standard InChI is InChI=1S/C7H12N2O3/c8-7(11)12-4-3-9-6(10)5-1-2-5/h5H,1-4H2,(H2,8,11)(H,9,10). The van der Waals surface area contributed by atoms with Crippen molar-refractivity contribution in [3.8, 4) is 0 Å². The maximum absolute atomic E-state index is 11.0. The molecule has 0 aromatic carbocycles. The number of carbonyl (C=O) groups excluding carboxylic acids is 2. The first kappa shape index (κ1) is 8.83. The predicted molar refractivity (Wildman–Crippen MR) is 41.3 cm³/mol. The van der Waals surface area contributed by atoms with Crippen LogP contribution in [0.1, 0.15) is 12.8 Å². The molecule has 1 aliphatic rings. The summed E-state index contributed by atoms with van der Waals surface area (Å²) >= 11 is 0. The molecular formula is C7H12N2O3. The Morgan fingerprint density at radius 2 is 2.17 bits per heavy atom. The summed E-state index contributed by atoms with van der Waals surface area (Å²) in [6.45, 7) is 0.492. The van der Waals surface area contributed by atoms with Gasteiger partial charge in [-0.3, -0.25) is 4.79 Å². The lowest BCUT2D eigenvalue weighted by Crippen LogP contribution is -2.29. The highest BCUT2D eigenvalue weighted by molar-refractivity contribution is 5.80. The smallest absolute Gasteiger partial charge is 0.404 e. The lowest BCUT2D eigenvalue weighted by Gasteiger charge is -2.03. The quantitative estimate of drug-likeness (QED) is 0.566. The second-order valence-electron chi connectivity index (χ2n) is 2.73. The first-order valence-corrected chi connectivity index (χ1v) is 3.90. The third kappa shape index (κ3) is 3.23. The van der Waals surface area contributed by atoms with Crippen LogP contribution < -0.4 is 11.1 Å². The number of amides is 2. The van der Waals surface area contributed by atoms with Gasteiger partial charge in [-0.15, -0.1) is 0 Å². The SMILES string of the molecule is NC(=O)OCCNC(=O)C1CC1. The number of carbonyl (C=O) groups is 2. The molecule has 0 heterocycles. The molecule has 1 fully saturated rings. The van der Waals surface area contributed by atoms with E-state index in [-0.39, 0.29) is 18.4 Å². The normalized spacial score (nSPS) is 15.3. The monoisotopic (exact) mass is 172 g/mol. The summed E-state index contributed by atoms with van der Waals surface area (Å²) in [5.41, 5.74) is 4.71. The summed E-state index contributed by atoms with van der Waals surface area (Å²) in [4.78, 5) is 21.0. The highest BCUT2D eigenvalue weighted by Gasteiger charge is 2.28. The highest BCUT2D eigenvalue weighted by Crippen LogP contribution is 2.28. The van der Waals surface area contributed by atoms with E-state index < -0.39 is 6.09 Å². The molecule has 68 valence electrons. The third-order valence-corrected chi connectivity index (χ3v) is 1.59. The zero-order valence-corrected chi connectivity index (χ0v) is 6.71. The van der Waals surface area contributed by atoms with E-state index in [0.717, 1.165) is 12.8 Å². The van der Waals surface area contributed by atoms with Gasteiger partial charge in [-0.2, -0.15) is 0 Å². The van der Waals surface area contributed by atoms with Gasteiger partial charge in [0, 0.05) is 5.92 Å². The minimum absolute atomic E-state index is 0.0445. The molecule has 0 radical (unpaired) electrons. The molecule has 0 aliphatic heterocycles. The van der Waals surface area contributed by atoms with E-state index in [0.29, 0.717) is 6.54 Å². The maximum Gasteiger partial charge on any atom is 0.404 e. The molecule has 5 nitrogen and oxygen atoms in total. The predicted octanol–water partition coefficient (Wildman–Crippen LogP) is -0.392. The summed E-state index contributed by atoms with van der Waals surface area (Å²) in [5, 5.41) is 2.63. The second kappa shape index (κ2) is 3.94. The Morgan fingerprint density at radius 3 is 2.67 bits per heavy atom. The topological polar surface area (TPSA) is 81.4 Å². The zero-order valence-electron chi connectivity index (χ0n) is 6.71. The second-order valence-corrected chi connectivity index (χ2v) is 2.73. The Kier molecular flexibility index (Phi) is 2.90. The molecule has 0 unspecified atom stereocenters. The molecular weight excluding hydrogens is 160 g/mol. The number of nitrogens with two attached hydrogens (primary N) is 1. The molecule has 12 heavy (non-hydrogen) atoms. The fourth-order valence-electron chi connectivity index (χ4n) is 0.816. The first-order valence-electron chi connectivity index (χ1n) is 3.90. The lowest BCUT2D eigenvalue weighted by molar-refractivity contribution is -0.122. The average Bonchev–Trinajstić information content (AvgIpc) is 2.79. The van der Waals surface area contributed by atoms with Crippen molar-refractivity contribution in [1.29, 1.82) is 0 Å². The van der Waals surface area contributed by atoms with Crippen LogP contribution in [0.5, 0.6) is 0 Å². The van der Waals surface area contributed by atoms with Crippen molar-refractivity contribution in [1.82, 2.24) is 5.32 Å². The van der Waals surface area contributed by atoms with Crippen LogP contribution in [0.2, 0.25) is 0 Å². The Labute approximate surface area is 70.2 Å². The third-order valence-electron chi connectivity index (χ3n) is 1.59. The van der Waals surface area contributed by atoms with Gasteiger partial charge in [-0.05, 0) is 12.8 Å². The van der Waals surface area contributed by atoms with Crippen molar-refractivity contribution in [2.75, 3.05) is 13.2 Å². The Hall–Kier alpha value is -1.26. The highest BCUT2D eigenvalue weighted by atomic mass is 16.5. The number of nitrogens with one attached hydrogen (secondary N) is 1. The van der Waals surface area contributed by atoms with Gasteiger partial charge in [0.15, 0.2) is 0 Å². The van der Waals surface area contributed by atoms with E-state index in [1.165, 1.54) is 0 Å². The van der Waals surface area contributed by atoms with E-state index in [4.69, 9.17) is 5.73 Å². The first-order chi connectivity index (χ1) is 5.70. The number of hydrogen-bond donors (Lipinski definition) is 2. The molecule has 0 aromatic rings. The molecule has 0 bridgehead atoms. The number of primary amides is 1. The molecule has 0 atom stereocenters. The summed E-state index contributed by atoms with van der Waals surface area (Å²) < 4.78 is 4.42. The van der Waals surface area contributed by atoms with Crippen molar-refractivity contribution < 1.29 is 14.3 Å². The summed E-state index contributed by atoms with van der Waals surface area (Å²) in [6, 6.07) is 0. The molecule has 1 aliphatic carbocycles. The lowest BCUT2D eigenvalue weighted by atomic mass is 10.4. The minimum atomic E-state index is -0.810. The summed E-state index contributed by atoms with van der Waals surface area (Å²) in [7, 11) is 0. The number of ether oxygens (including phenoxy) is 1. The molecule has 0 aromatic heterocycles. The van der Waals surface area contributed by atoms with E-state index in [1.807, 2.05) is 0 Å². The van der Waals surface area contributed by atoms with Crippen molar-refractivity contribution >= 4 is 12.0 Å². The van der Waals surface area contributed by atoms with E-state index in [1.54, 1.807) is 0 Å². The van der Waals surface area contributed by atoms with Crippen molar-refractivity contribution in [2.45, 2.75) is 12.8 Å². The fraction of sp³-hybridized carbons (Fsp3) is 0.714. The largest absolute Gasteiger partial charge is 0.448 e. The van der Waals surface area contributed by atoms with Crippen molar-refractivity contribution in [2.24, 2.45) is 11.7 Å². The van der Waals surface area contributed by atoms with Crippen LogP contribution in [0.4, 0.5) is 4.79 Å². The Bertz CT molecular complexity index is 189. The fourth-order valence-corrected chi connectivity index (χ4v) is 0.816. The van der Waals surface area contributed by atoms with Crippen molar-refractivity contribution in [3.63, 3.8) is 0 Å². The zero-order chi connectivity index (χ0) is 8.97. The summed E-state index contributed by atoms with van der Waals surface area (Å²) in [6.07, 6.45) is 1.14. The number of hydrogen-bond acceptors (Lipinski definition) is 3. The van der Waals surface area contributed by atoms with E-state index in [9.17, 15) is 9.59 Å². The van der Waals surface area contributed by atoms with Crippen LogP contribution in [-0.2, 0) is 9.53 Å². The van der Waals surface area contributed by atoms with Gasteiger partial charge in [-0.25, -0.2) is 4.79 Å². The molecule has 0 spiro atoms. The Morgan fingerprint density at radius 1 is 1.50 bits per heavy atom. The van der Waals surface area contributed by atoms with Gasteiger partial charge in [0.2, 0.25) is 5.91 Å².